The zero-order chi connectivity index (χ0) is 10.0. The lowest BCUT2D eigenvalue weighted by molar-refractivity contribution is 0.0126. The summed E-state index contributed by atoms with van der Waals surface area (Å²) in [6.45, 7) is 1.86. The molecule has 1 atom stereocenters. The molecule has 4 nitrogen and oxygen atoms in total. The summed E-state index contributed by atoms with van der Waals surface area (Å²) in [4.78, 5) is 4.24. The van der Waals surface area contributed by atoms with Crippen LogP contribution < -0.4 is 5.32 Å². The smallest absolute Gasteiger partial charge is 0.140 e. The summed E-state index contributed by atoms with van der Waals surface area (Å²) in [7, 11) is 1.93. The van der Waals surface area contributed by atoms with Crippen LogP contribution in [0.1, 0.15) is 25.1 Å². The van der Waals surface area contributed by atoms with E-state index in [-0.39, 0.29) is 0 Å². The zero-order valence-corrected chi connectivity index (χ0v) is 8.53. The lowest BCUT2D eigenvalue weighted by Gasteiger charge is -2.25. The van der Waals surface area contributed by atoms with Crippen molar-refractivity contribution in [1.29, 1.82) is 0 Å². The predicted molar refractivity (Wildman–Crippen MR) is 53.8 cm³/mol. The Labute approximate surface area is 84.0 Å². The molecule has 2 N–H and O–H groups in total. The molecule has 0 radical (unpaired) electrons. The molecule has 1 aliphatic rings. The molecule has 78 valence electrons. The van der Waals surface area contributed by atoms with E-state index in [0.29, 0.717) is 0 Å². The number of imidazole rings is 1. The van der Waals surface area contributed by atoms with Crippen LogP contribution >= 0.6 is 0 Å². The SMILES string of the molecule is Cn1ccnc1[C@]1(O)CCCNCC1. The molecule has 1 saturated heterocycles. The molecular weight excluding hydrogens is 178 g/mol. The molecule has 1 fully saturated rings. The van der Waals surface area contributed by atoms with Crippen LogP contribution in [0.5, 0.6) is 0 Å². The van der Waals surface area contributed by atoms with E-state index in [1.807, 2.05) is 17.8 Å². The molecule has 0 aromatic carbocycles. The highest BCUT2D eigenvalue weighted by Gasteiger charge is 2.33. The minimum absolute atomic E-state index is 0.734. The molecule has 0 bridgehead atoms. The van der Waals surface area contributed by atoms with Gasteiger partial charge in [-0.3, -0.25) is 0 Å². The number of hydrogen-bond acceptors (Lipinski definition) is 3. The molecule has 14 heavy (non-hydrogen) atoms. The first-order chi connectivity index (χ1) is 6.72. The summed E-state index contributed by atoms with van der Waals surface area (Å²) in [6, 6.07) is 0. The van der Waals surface area contributed by atoms with E-state index in [1.165, 1.54) is 0 Å². The quantitative estimate of drug-likeness (QED) is 0.681. The van der Waals surface area contributed by atoms with Crippen molar-refractivity contribution in [1.82, 2.24) is 14.9 Å². The average Bonchev–Trinajstić information content (AvgIpc) is 2.46. The van der Waals surface area contributed by atoms with Gasteiger partial charge in [-0.1, -0.05) is 0 Å². The van der Waals surface area contributed by atoms with Gasteiger partial charge in [0, 0.05) is 19.4 Å². The fraction of sp³-hybridized carbons (Fsp3) is 0.700. The van der Waals surface area contributed by atoms with Crippen molar-refractivity contribution in [2.45, 2.75) is 24.9 Å². The van der Waals surface area contributed by atoms with Gasteiger partial charge >= 0.3 is 0 Å². The van der Waals surface area contributed by atoms with E-state index in [9.17, 15) is 5.11 Å². The molecule has 0 saturated carbocycles. The Hall–Kier alpha value is -0.870. The second-order valence-corrected chi connectivity index (χ2v) is 4.00. The maximum atomic E-state index is 10.5. The van der Waals surface area contributed by atoms with Crippen molar-refractivity contribution >= 4 is 0 Å². The van der Waals surface area contributed by atoms with E-state index in [2.05, 4.69) is 10.3 Å². The number of aromatic nitrogens is 2. The Morgan fingerprint density at radius 1 is 1.50 bits per heavy atom. The Morgan fingerprint density at radius 2 is 2.36 bits per heavy atom. The van der Waals surface area contributed by atoms with Crippen molar-refractivity contribution in [2.24, 2.45) is 7.05 Å². The van der Waals surface area contributed by atoms with Crippen LogP contribution in [0, 0.1) is 0 Å². The van der Waals surface area contributed by atoms with E-state index in [0.717, 1.165) is 38.2 Å². The molecule has 1 aliphatic heterocycles. The second kappa shape index (κ2) is 3.71. The van der Waals surface area contributed by atoms with Crippen molar-refractivity contribution in [3.63, 3.8) is 0 Å². The third kappa shape index (κ3) is 1.67. The maximum absolute atomic E-state index is 10.5. The molecule has 4 heteroatoms. The van der Waals surface area contributed by atoms with Crippen molar-refractivity contribution < 1.29 is 5.11 Å². The first-order valence-electron chi connectivity index (χ1n) is 5.13. The fourth-order valence-electron chi connectivity index (χ4n) is 2.09. The predicted octanol–water partition coefficient (Wildman–Crippen LogP) is 0.381. The van der Waals surface area contributed by atoms with Crippen molar-refractivity contribution in [3.8, 4) is 0 Å². The van der Waals surface area contributed by atoms with Gasteiger partial charge in [-0.2, -0.15) is 0 Å². The Kier molecular flexibility index (Phi) is 2.56. The topological polar surface area (TPSA) is 50.1 Å². The fourth-order valence-corrected chi connectivity index (χ4v) is 2.09. The maximum Gasteiger partial charge on any atom is 0.140 e. The Bertz CT molecular complexity index is 300. The summed E-state index contributed by atoms with van der Waals surface area (Å²) in [6.07, 6.45) is 6.17. The summed E-state index contributed by atoms with van der Waals surface area (Å²) >= 11 is 0. The Morgan fingerprint density at radius 3 is 3.07 bits per heavy atom. The van der Waals surface area contributed by atoms with Crippen LogP contribution in [-0.4, -0.2) is 27.7 Å². The van der Waals surface area contributed by atoms with E-state index in [1.54, 1.807) is 6.20 Å². The van der Waals surface area contributed by atoms with Crippen molar-refractivity contribution in [2.75, 3.05) is 13.1 Å². The molecular formula is C10H17N3O. The summed E-state index contributed by atoms with van der Waals surface area (Å²) < 4.78 is 1.91. The molecule has 2 rings (SSSR count). The van der Waals surface area contributed by atoms with Crippen LogP contribution in [0.2, 0.25) is 0 Å². The average molecular weight is 195 g/mol. The normalized spacial score (nSPS) is 28.7. The van der Waals surface area contributed by atoms with Crippen LogP contribution in [-0.2, 0) is 12.6 Å². The summed E-state index contributed by atoms with van der Waals surface area (Å²) in [5.41, 5.74) is -0.734. The van der Waals surface area contributed by atoms with Gasteiger partial charge in [0.2, 0.25) is 0 Å². The lowest BCUT2D eigenvalue weighted by atomic mass is 9.94. The number of nitrogens with one attached hydrogen (secondary N) is 1. The van der Waals surface area contributed by atoms with Gasteiger partial charge in [0.25, 0.3) is 0 Å². The number of rotatable bonds is 1. The lowest BCUT2D eigenvalue weighted by Crippen LogP contribution is -2.30. The van der Waals surface area contributed by atoms with Crippen molar-refractivity contribution in [3.05, 3.63) is 18.2 Å². The highest BCUT2D eigenvalue weighted by atomic mass is 16.3. The number of hydrogen-bond donors (Lipinski definition) is 2. The van der Waals surface area contributed by atoms with Gasteiger partial charge in [0.15, 0.2) is 0 Å². The van der Waals surface area contributed by atoms with Crippen LogP contribution in [0.4, 0.5) is 0 Å². The van der Waals surface area contributed by atoms with Gasteiger partial charge in [-0.15, -0.1) is 0 Å². The monoisotopic (exact) mass is 195 g/mol. The van der Waals surface area contributed by atoms with Gasteiger partial charge in [0.05, 0.1) is 0 Å². The van der Waals surface area contributed by atoms with E-state index in [4.69, 9.17) is 0 Å². The summed E-state index contributed by atoms with van der Waals surface area (Å²) in [5.74, 6) is 0.793. The molecule has 1 aromatic rings. The minimum atomic E-state index is -0.734. The second-order valence-electron chi connectivity index (χ2n) is 4.00. The van der Waals surface area contributed by atoms with Gasteiger partial charge in [-0.25, -0.2) is 4.98 Å². The molecule has 0 aliphatic carbocycles. The Balaban J connectivity index is 2.25. The van der Waals surface area contributed by atoms with E-state index >= 15 is 0 Å². The number of aryl methyl sites for hydroxylation is 1. The largest absolute Gasteiger partial charge is 0.382 e. The zero-order valence-electron chi connectivity index (χ0n) is 8.53. The van der Waals surface area contributed by atoms with Crippen LogP contribution in [0.15, 0.2) is 12.4 Å². The number of aliphatic hydroxyl groups is 1. The molecule has 0 amide bonds. The molecule has 1 aromatic heterocycles. The van der Waals surface area contributed by atoms with Crippen LogP contribution in [0.3, 0.4) is 0 Å². The molecule has 0 spiro atoms. The summed E-state index contributed by atoms with van der Waals surface area (Å²) in [5, 5.41) is 13.8. The van der Waals surface area contributed by atoms with Gasteiger partial charge in [-0.05, 0) is 32.4 Å². The van der Waals surface area contributed by atoms with E-state index < -0.39 is 5.60 Å². The minimum Gasteiger partial charge on any atom is -0.382 e. The van der Waals surface area contributed by atoms with Gasteiger partial charge < -0.3 is 15.0 Å². The highest BCUT2D eigenvalue weighted by Crippen LogP contribution is 2.29. The highest BCUT2D eigenvalue weighted by molar-refractivity contribution is 5.05. The molecule has 0 unspecified atom stereocenters. The number of nitrogens with zero attached hydrogens (tertiary/aromatic N) is 2. The third-order valence-corrected chi connectivity index (χ3v) is 2.90. The molecule has 2 heterocycles. The van der Waals surface area contributed by atoms with Gasteiger partial charge in [0.1, 0.15) is 11.4 Å². The standard InChI is InChI=1S/C10H17N3O/c1-13-8-7-12-9(13)10(14)3-2-5-11-6-4-10/h7-8,11,14H,2-6H2,1H3/t10-/m0/s1. The third-order valence-electron chi connectivity index (χ3n) is 2.90. The van der Waals surface area contributed by atoms with Crippen LogP contribution in [0.25, 0.3) is 0 Å². The first kappa shape index (κ1) is 9.68. The first-order valence-corrected chi connectivity index (χ1v) is 5.13.